The molecule has 0 spiro atoms. The molecule has 8 heteroatoms. The van der Waals surface area contributed by atoms with Crippen LogP contribution in [0.5, 0.6) is 0 Å². The van der Waals surface area contributed by atoms with E-state index in [1.54, 1.807) is 12.1 Å². The molecule has 7 nitrogen and oxygen atoms in total. The number of anilines is 2. The van der Waals surface area contributed by atoms with Gasteiger partial charge in [-0.15, -0.1) is 0 Å². The number of nitro groups is 1. The molecule has 2 aromatic rings. The first-order chi connectivity index (χ1) is 8.56. The molecular formula is C10H7N3O4S. The number of carboxylic acid groups (broad SMARTS) is 1. The number of aromatic nitrogens is 1. The van der Waals surface area contributed by atoms with Crippen molar-refractivity contribution in [2.45, 2.75) is 0 Å². The van der Waals surface area contributed by atoms with E-state index >= 15 is 0 Å². The van der Waals surface area contributed by atoms with Crippen LogP contribution in [0.4, 0.5) is 15.8 Å². The van der Waals surface area contributed by atoms with Crippen LogP contribution in [0.15, 0.2) is 30.5 Å². The molecule has 0 fully saturated rings. The third-order valence-electron chi connectivity index (χ3n) is 2.06. The number of hydrogen-bond donors (Lipinski definition) is 2. The minimum atomic E-state index is -1.01. The molecule has 92 valence electrons. The Morgan fingerprint density at radius 1 is 1.39 bits per heavy atom. The van der Waals surface area contributed by atoms with E-state index in [2.05, 4.69) is 10.3 Å². The first-order valence-electron chi connectivity index (χ1n) is 4.77. The van der Waals surface area contributed by atoms with E-state index in [9.17, 15) is 14.9 Å². The minimum Gasteiger partial charge on any atom is -0.478 e. The third kappa shape index (κ3) is 2.61. The molecule has 0 saturated heterocycles. The molecule has 1 heterocycles. The molecule has 18 heavy (non-hydrogen) atoms. The van der Waals surface area contributed by atoms with Gasteiger partial charge in [0.1, 0.15) is 6.20 Å². The van der Waals surface area contributed by atoms with Gasteiger partial charge in [0.05, 0.1) is 10.5 Å². The van der Waals surface area contributed by atoms with Crippen molar-refractivity contribution in [1.29, 1.82) is 0 Å². The van der Waals surface area contributed by atoms with Crippen molar-refractivity contribution in [1.82, 2.24) is 4.98 Å². The average Bonchev–Trinajstić information content (AvgIpc) is 2.78. The number of carbonyl (C=O) groups is 1. The third-order valence-corrected chi connectivity index (χ3v) is 2.92. The zero-order valence-electron chi connectivity index (χ0n) is 8.86. The Balaban J connectivity index is 2.13. The fourth-order valence-corrected chi connectivity index (χ4v) is 1.88. The Bertz CT molecular complexity index is 593. The van der Waals surface area contributed by atoms with Gasteiger partial charge in [0.2, 0.25) is 0 Å². The van der Waals surface area contributed by atoms with Gasteiger partial charge >= 0.3 is 11.0 Å². The van der Waals surface area contributed by atoms with Crippen molar-refractivity contribution in [3.8, 4) is 0 Å². The van der Waals surface area contributed by atoms with Gasteiger partial charge in [-0.05, 0) is 35.6 Å². The predicted molar refractivity (Wildman–Crippen MR) is 65.5 cm³/mol. The molecule has 2 N–H and O–H groups in total. The number of rotatable bonds is 4. The molecule has 0 aliphatic rings. The van der Waals surface area contributed by atoms with E-state index in [0.717, 1.165) is 11.3 Å². The zero-order chi connectivity index (χ0) is 13.1. The van der Waals surface area contributed by atoms with Crippen molar-refractivity contribution in [3.63, 3.8) is 0 Å². The molecule has 1 aromatic carbocycles. The lowest BCUT2D eigenvalue weighted by Gasteiger charge is -2.01. The second-order valence-electron chi connectivity index (χ2n) is 3.27. The first kappa shape index (κ1) is 12.0. The van der Waals surface area contributed by atoms with E-state index < -0.39 is 10.9 Å². The van der Waals surface area contributed by atoms with Gasteiger partial charge < -0.3 is 10.4 Å². The van der Waals surface area contributed by atoms with Gasteiger partial charge in [-0.25, -0.2) is 9.78 Å². The Kier molecular flexibility index (Phi) is 3.20. The number of thiazole rings is 1. The van der Waals surface area contributed by atoms with Crippen LogP contribution in [0.2, 0.25) is 0 Å². The van der Waals surface area contributed by atoms with E-state index in [-0.39, 0.29) is 10.6 Å². The summed E-state index contributed by atoms with van der Waals surface area (Å²) in [5, 5.41) is 22.4. The quantitative estimate of drug-likeness (QED) is 0.649. The zero-order valence-corrected chi connectivity index (χ0v) is 9.68. The molecule has 2 rings (SSSR count). The summed E-state index contributed by atoms with van der Waals surface area (Å²) in [6.07, 6.45) is 1.17. The highest BCUT2D eigenvalue weighted by Gasteiger charge is 2.11. The second-order valence-corrected chi connectivity index (χ2v) is 4.28. The standard InChI is InChI=1S/C10H7N3O4S/c14-9(15)6-1-3-7(4-2-6)12-10-11-5-8(18-10)13(16)17/h1-5H,(H,11,12)(H,14,15). The lowest BCUT2D eigenvalue weighted by atomic mass is 10.2. The summed E-state index contributed by atoms with van der Waals surface area (Å²) in [6.45, 7) is 0. The Hall–Kier alpha value is -2.48. The molecule has 0 unspecified atom stereocenters. The van der Waals surface area contributed by atoms with Crippen LogP contribution < -0.4 is 5.32 Å². The highest BCUT2D eigenvalue weighted by atomic mass is 32.1. The summed E-state index contributed by atoms with van der Waals surface area (Å²) in [7, 11) is 0. The molecule has 0 aliphatic heterocycles. The normalized spacial score (nSPS) is 10.0. The summed E-state index contributed by atoms with van der Waals surface area (Å²) in [5.74, 6) is -1.01. The average molecular weight is 265 g/mol. The molecule has 1 aromatic heterocycles. The first-order valence-corrected chi connectivity index (χ1v) is 5.58. The van der Waals surface area contributed by atoms with Crippen LogP contribution in [-0.4, -0.2) is 21.0 Å². The van der Waals surface area contributed by atoms with Crippen LogP contribution in [0, 0.1) is 10.1 Å². The number of carboxylic acids is 1. The van der Waals surface area contributed by atoms with Crippen molar-refractivity contribution in [2.24, 2.45) is 0 Å². The Morgan fingerprint density at radius 2 is 2.06 bits per heavy atom. The van der Waals surface area contributed by atoms with Crippen molar-refractivity contribution in [2.75, 3.05) is 5.32 Å². The number of aromatic carboxylic acids is 1. The SMILES string of the molecule is O=C(O)c1ccc(Nc2ncc([N+](=O)[O-])s2)cc1. The maximum absolute atomic E-state index is 10.6. The van der Waals surface area contributed by atoms with E-state index in [4.69, 9.17) is 5.11 Å². The fourth-order valence-electron chi connectivity index (χ4n) is 1.23. The van der Waals surface area contributed by atoms with Gasteiger partial charge in [-0.1, -0.05) is 0 Å². The minimum absolute atomic E-state index is 0.0559. The van der Waals surface area contributed by atoms with Crippen LogP contribution in [0.1, 0.15) is 10.4 Å². The summed E-state index contributed by atoms with van der Waals surface area (Å²) < 4.78 is 0. The van der Waals surface area contributed by atoms with Crippen LogP contribution >= 0.6 is 11.3 Å². The largest absolute Gasteiger partial charge is 0.478 e. The highest BCUT2D eigenvalue weighted by Crippen LogP contribution is 2.27. The fraction of sp³-hybridized carbons (Fsp3) is 0. The molecule has 0 atom stereocenters. The predicted octanol–water partition coefficient (Wildman–Crippen LogP) is 2.49. The molecule has 0 radical (unpaired) electrons. The van der Waals surface area contributed by atoms with Gasteiger partial charge in [-0.3, -0.25) is 10.1 Å². The number of nitrogens with one attached hydrogen (secondary N) is 1. The summed E-state index contributed by atoms with van der Waals surface area (Å²) in [4.78, 5) is 24.4. The van der Waals surface area contributed by atoms with E-state index in [0.29, 0.717) is 10.8 Å². The summed E-state index contributed by atoms with van der Waals surface area (Å²) in [5.41, 5.74) is 0.787. The number of benzene rings is 1. The van der Waals surface area contributed by atoms with Crippen molar-refractivity contribution >= 4 is 33.1 Å². The van der Waals surface area contributed by atoms with E-state index in [1.165, 1.54) is 18.3 Å². The van der Waals surface area contributed by atoms with Crippen LogP contribution in [-0.2, 0) is 0 Å². The number of nitrogens with zero attached hydrogens (tertiary/aromatic N) is 2. The topological polar surface area (TPSA) is 105 Å². The van der Waals surface area contributed by atoms with Gasteiger partial charge in [0.25, 0.3) is 0 Å². The summed E-state index contributed by atoms with van der Waals surface area (Å²) in [6, 6.07) is 6.01. The molecular weight excluding hydrogens is 258 g/mol. The highest BCUT2D eigenvalue weighted by molar-refractivity contribution is 7.18. The lowest BCUT2D eigenvalue weighted by molar-refractivity contribution is -0.380. The van der Waals surface area contributed by atoms with E-state index in [1.807, 2.05) is 0 Å². The Morgan fingerprint density at radius 3 is 2.56 bits per heavy atom. The Labute approximate surface area is 105 Å². The maximum atomic E-state index is 10.6. The van der Waals surface area contributed by atoms with Crippen molar-refractivity contribution in [3.05, 3.63) is 46.1 Å². The maximum Gasteiger partial charge on any atom is 0.345 e. The van der Waals surface area contributed by atoms with Gasteiger partial charge in [0, 0.05) is 5.69 Å². The smallest absolute Gasteiger partial charge is 0.345 e. The molecule has 0 amide bonds. The monoisotopic (exact) mass is 265 g/mol. The lowest BCUT2D eigenvalue weighted by Crippen LogP contribution is -1.96. The second kappa shape index (κ2) is 4.80. The van der Waals surface area contributed by atoms with Gasteiger partial charge in [-0.2, -0.15) is 0 Å². The molecule has 0 bridgehead atoms. The number of hydrogen-bond acceptors (Lipinski definition) is 6. The van der Waals surface area contributed by atoms with Gasteiger partial charge in [0.15, 0.2) is 5.13 Å². The van der Waals surface area contributed by atoms with Crippen molar-refractivity contribution < 1.29 is 14.8 Å². The summed E-state index contributed by atoms with van der Waals surface area (Å²) >= 11 is 0.909. The molecule has 0 aliphatic carbocycles. The van der Waals surface area contributed by atoms with Crippen LogP contribution in [0.25, 0.3) is 0 Å². The van der Waals surface area contributed by atoms with Crippen LogP contribution in [0.3, 0.4) is 0 Å². The molecule has 0 saturated carbocycles.